The fraction of sp³-hybridized carbons (Fsp3) is 0.429. The van der Waals surface area contributed by atoms with Gasteiger partial charge in [0.05, 0.1) is 4.90 Å². The third-order valence-electron chi connectivity index (χ3n) is 5.12. The Balaban J connectivity index is 1.52. The molecular formula is C21H28FN3OS. The average molecular weight is 390 g/mol. The van der Waals surface area contributed by atoms with Crippen LogP contribution in [-0.2, 0) is 23.8 Å². The molecule has 0 spiro atoms. The Labute approximate surface area is 164 Å². The molecule has 1 unspecified atom stereocenters. The first-order chi connectivity index (χ1) is 13.1. The van der Waals surface area contributed by atoms with E-state index in [4.69, 9.17) is 0 Å². The standard InChI is InChI=1S/C21H28FN3OS/c1-3-18-16-20(8-9-21(18)23-2)27(26)25-14-12-24(13-15-25)11-10-17-4-6-19(22)7-5-17/h4-9,16,23H,3,10-15H2,1-2H3. The van der Waals surface area contributed by atoms with E-state index in [-0.39, 0.29) is 5.82 Å². The van der Waals surface area contributed by atoms with Crippen LogP contribution in [-0.4, -0.2) is 53.2 Å². The number of nitrogens with one attached hydrogen (secondary N) is 1. The number of hydrogen-bond acceptors (Lipinski definition) is 3. The number of hydrogen-bond donors (Lipinski definition) is 1. The van der Waals surface area contributed by atoms with Gasteiger partial charge in [-0.15, -0.1) is 0 Å². The smallest absolute Gasteiger partial charge is 0.127 e. The van der Waals surface area contributed by atoms with Crippen molar-refractivity contribution in [3.8, 4) is 0 Å². The van der Waals surface area contributed by atoms with E-state index in [1.54, 1.807) is 0 Å². The summed E-state index contributed by atoms with van der Waals surface area (Å²) in [5.74, 6) is -0.191. The third-order valence-corrected chi connectivity index (χ3v) is 6.62. The van der Waals surface area contributed by atoms with Crippen molar-refractivity contribution in [1.82, 2.24) is 9.21 Å². The largest absolute Gasteiger partial charge is 0.388 e. The maximum Gasteiger partial charge on any atom is 0.127 e. The summed E-state index contributed by atoms with van der Waals surface area (Å²) in [4.78, 5) is 3.27. The number of piperazine rings is 1. The highest BCUT2D eigenvalue weighted by Crippen LogP contribution is 2.22. The second-order valence-electron chi connectivity index (χ2n) is 6.82. The van der Waals surface area contributed by atoms with Crippen molar-refractivity contribution in [2.75, 3.05) is 45.1 Å². The molecule has 0 aromatic heterocycles. The number of halogens is 1. The molecule has 27 heavy (non-hydrogen) atoms. The fourth-order valence-electron chi connectivity index (χ4n) is 3.42. The predicted molar refractivity (Wildman–Crippen MR) is 110 cm³/mol. The average Bonchev–Trinajstić information content (AvgIpc) is 2.72. The van der Waals surface area contributed by atoms with Crippen LogP contribution in [0.3, 0.4) is 0 Å². The van der Waals surface area contributed by atoms with Crippen LogP contribution in [0.5, 0.6) is 0 Å². The second kappa shape index (κ2) is 9.44. The van der Waals surface area contributed by atoms with E-state index in [9.17, 15) is 8.60 Å². The van der Waals surface area contributed by atoms with Crippen LogP contribution < -0.4 is 5.32 Å². The Kier molecular flexibility index (Phi) is 6.99. The molecule has 1 aliphatic heterocycles. The molecule has 1 atom stereocenters. The van der Waals surface area contributed by atoms with E-state index in [0.29, 0.717) is 0 Å². The minimum absolute atomic E-state index is 0.191. The van der Waals surface area contributed by atoms with Gasteiger partial charge in [-0.25, -0.2) is 12.9 Å². The van der Waals surface area contributed by atoms with E-state index in [1.807, 2.05) is 31.3 Å². The summed E-state index contributed by atoms with van der Waals surface area (Å²) >= 11 is 0. The summed E-state index contributed by atoms with van der Waals surface area (Å²) in [6.07, 6.45) is 1.83. The van der Waals surface area contributed by atoms with E-state index >= 15 is 0 Å². The summed E-state index contributed by atoms with van der Waals surface area (Å²) in [5.41, 5.74) is 3.45. The maximum absolute atomic E-state index is 13.0. The highest BCUT2D eigenvalue weighted by molar-refractivity contribution is 7.82. The predicted octanol–water partition coefficient (Wildman–Crippen LogP) is 3.31. The highest BCUT2D eigenvalue weighted by atomic mass is 32.2. The van der Waals surface area contributed by atoms with Crippen LogP contribution in [0.25, 0.3) is 0 Å². The van der Waals surface area contributed by atoms with Gasteiger partial charge >= 0.3 is 0 Å². The van der Waals surface area contributed by atoms with E-state index in [2.05, 4.69) is 27.5 Å². The van der Waals surface area contributed by atoms with E-state index in [0.717, 1.165) is 61.7 Å². The number of rotatable bonds is 7. The number of nitrogens with zero attached hydrogens (tertiary/aromatic N) is 2. The SMILES string of the molecule is CCc1cc(S(=O)N2CCN(CCc3ccc(F)cc3)CC2)ccc1NC. The van der Waals surface area contributed by atoms with E-state index < -0.39 is 11.0 Å². The van der Waals surface area contributed by atoms with Gasteiger partial charge in [0.15, 0.2) is 0 Å². The quantitative estimate of drug-likeness (QED) is 0.789. The molecule has 0 amide bonds. The number of benzene rings is 2. The normalized spacial score (nSPS) is 17.0. The first-order valence-electron chi connectivity index (χ1n) is 9.55. The minimum Gasteiger partial charge on any atom is -0.388 e. The Morgan fingerprint density at radius 1 is 1.07 bits per heavy atom. The lowest BCUT2D eigenvalue weighted by atomic mass is 10.1. The van der Waals surface area contributed by atoms with Crippen molar-refractivity contribution >= 4 is 16.7 Å². The Morgan fingerprint density at radius 3 is 2.41 bits per heavy atom. The van der Waals surface area contributed by atoms with Gasteiger partial charge in [0.25, 0.3) is 0 Å². The van der Waals surface area contributed by atoms with Gasteiger partial charge in [-0.05, 0) is 54.3 Å². The first-order valence-corrected chi connectivity index (χ1v) is 10.7. The zero-order chi connectivity index (χ0) is 19.2. The molecule has 0 saturated carbocycles. The minimum atomic E-state index is -1.11. The van der Waals surface area contributed by atoms with Gasteiger partial charge in [-0.2, -0.15) is 0 Å². The molecule has 1 aliphatic rings. The van der Waals surface area contributed by atoms with Crippen LogP contribution in [0, 0.1) is 5.82 Å². The van der Waals surface area contributed by atoms with Gasteiger partial charge < -0.3 is 10.2 Å². The third kappa shape index (κ3) is 5.15. The van der Waals surface area contributed by atoms with Crippen LogP contribution in [0.1, 0.15) is 18.1 Å². The zero-order valence-corrected chi connectivity index (χ0v) is 16.9. The first kappa shape index (κ1) is 20.0. The molecule has 0 bridgehead atoms. The van der Waals surface area contributed by atoms with Gasteiger partial charge in [0.1, 0.15) is 16.8 Å². The summed E-state index contributed by atoms with van der Waals surface area (Å²) in [7, 11) is 0.801. The fourth-order valence-corrected chi connectivity index (χ4v) is 4.64. The van der Waals surface area contributed by atoms with Crippen molar-refractivity contribution in [2.24, 2.45) is 0 Å². The lowest BCUT2D eigenvalue weighted by molar-refractivity contribution is 0.194. The maximum atomic E-state index is 13.0. The molecule has 1 saturated heterocycles. The summed E-state index contributed by atoms with van der Waals surface area (Å²) in [5, 5.41) is 3.19. The monoisotopic (exact) mass is 389 g/mol. The second-order valence-corrected chi connectivity index (χ2v) is 8.30. The molecule has 6 heteroatoms. The lowest BCUT2D eigenvalue weighted by Gasteiger charge is -2.33. The van der Waals surface area contributed by atoms with Gasteiger partial charge in [0, 0.05) is 45.5 Å². The highest BCUT2D eigenvalue weighted by Gasteiger charge is 2.22. The molecule has 146 valence electrons. The topological polar surface area (TPSA) is 35.6 Å². The van der Waals surface area contributed by atoms with Gasteiger partial charge in [0.2, 0.25) is 0 Å². The van der Waals surface area contributed by atoms with E-state index in [1.165, 1.54) is 17.7 Å². The summed E-state index contributed by atoms with van der Waals surface area (Å²) < 4.78 is 28.0. The summed E-state index contributed by atoms with van der Waals surface area (Å²) in [6, 6.07) is 12.8. The zero-order valence-electron chi connectivity index (χ0n) is 16.1. The van der Waals surface area contributed by atoms with Crippen molar-refractivity contribution in [3.63, 3.8) is 0 Å². The van der Waals surface area contributed by atoms with Crippen LogP contribution in [0.15, 0.2) is 47.4 Å². The Hall–Kier alpha value is -1.76. The van der Waals surface area contributed by atoms with Crippen molar-refractivity contribution in [1.29, 1.82) is 0 Å². The molecular weight excluding hydrogens is 361 g/mol. The van der Waals surface area contributed by atoms with Gasteiger partial charge in [-0.1, -0.05) is 19.1 Å². The van der Waals surface area contributed by atoms with Gasteiger partial charge in [-0.3, -0.25) is 0 Å². The molecule has 0 radical (unpaired) electrons. The van der Waals surface area contributed by atoms with Crippen LogP contribution >= 0.6 is 0 Å². The van der Waals surface area contributed by atoms with Crippen LogP contribution in [0.4, 0.5) is 10.1 Å². The molecule has 3 rings (SSSR count). The Morgan fingerprint density at radius 2 is 1.78 bits per heavy atom. The summed E-state index contributed by atoms with van der Waals surface area (Å²) in [6.45, 7) is 6.46. The van der Waals surface area contributed by atoms with Crippen LogP contribution in [0.2, 0.25) is 0 Å². The van der Waals surface area contributed by atoms with Crippen molar-refractivity contribution < 1.29 is 8.60 Å². The molecule has 1 heterocycles. The Bertz CT molecular complexity index is 773. The van der Waals surface area contributed by atoms with Crippen molar-refractivity contribution in [3.05, 3.63) is 59.4 Å². The molecule has 4 nitrogen and oxygen atoms in total. The lowest BCUT2D eigenvalue weighted by Crippen LogP contribution is -2.47. The number of anilines is 1. The van der Waals surface area contributed by atoms with Crippen molar-refractivity contribution in [2.45, 2.75) is 24.7 Å². The molecule has 1 N–H and O–H groups in total. The molecule has 0 aliphatic carbocycles. The molecule has 2 aromatic rings. The number of aryl methyl sites for hydroxylation is 1. The molecule has 1 fully saturated rings. The molecule has 2 aromatic carbocycles.